The Labute approximate surface area is 151 Å². The van der Waals surface area contributed by atoms with E-state index < -0.39 is 18.3 Å². The van der Waals surface area contributed by atoms with Gasteiger partial charge in [0.2, 0.25) is 5.91 Å². The van der Waals surface area contributed by atoms with Crippen molar-refractivity contribution in [3.8, 4) is 0 Å². The maximum absolute atomic E-state index is 11.4. The average Bonchev–Trinajstić information content (AvgIpc) is 2.73. The summed E-state index contributed by atoms with van der Waals surface area (Å²) in [5.74, 6) is -0.0994. The quantitative estimate of drug-likeness (QED) is 0.636. The number of nitrogen functional groups attached to an aromatic ring is 1. The van der Waals surface area contributed by atoms with Gasteiger partial charge in [-0.2, -0.15) is 0 Å². The van der Waals surface area contributed by atoms with Crippen molar-refractivity contribution in [2.75, 3.05) is 12.3 Å². The summed E-state index contributed by atoms with van der Waals surface area (Å²) in [5.41, 5.74) is 8.90. The molecule has 0 aliphatic carbocycles. The van der Waals surface area contributed by atoms with Crippen LogP contribution in [0.4, 0.5) is 5.69 Å². The SMILES string of the molecule is CCc1ccc(N)c(C=C(CNC(C)=O)B2OC(C)(C)C(C)(C)O2)c1. The molecule has 0 spiro atoms. The lowest BCUT2D eigenvalue weighted by molar-refractivity contribution is -0.118. The van der Waals surface area contributed by atoms with Gasteiger partial charge in [0, 0.05) is 19.2 Å². The van der Waals surface area contributed by atoms with Gasteiger partial charge in [0.05, 0.1) is 11.2 Å². The van der Waals surface area contributed by atoms with Crippen molar-refractivity contribution in [3.05, 3.63) is 34.8 Å². The Bertz CT molecular complexity index is 667. The van der Waals surface area contributed by atoms with E-state index in [4.69, 9.17) is 15.0 Å². The summed E-state index contributed by atoms with van der Waals surface area (Å²) in [5, 5.41) is 2.84. The normalized spacial score (nSPS) is 19.1. The van der Waals surface area contributed by atoms with Crippen LogP contribution in [0.15, 0.2) is 23.7 Å². The summed E-state index contributed by atoms with van der Waals surface area (Å²) in [6.07, 6.45) is 2.89. The molecule has 1 heterocycles. The number of aryl methyl sites for hydroxylation is 1. The van der Waals surface area contributed by atoms with Crippen LogP contribution in [0, 0.1) is 0 Å². The van der Waals surface area contributed by atoms with E-state index in [-0.39, 0.29) is 5.91 Å². The monoisotopic (exact) mass is 344 g/mol. The lowest BCUT2D eigenvalue weighted by Crippen LogP contribution is -2.41. The van der Waals surface area contributed by atoms with Gasteiger partial charge in [-0.3, -0.25) is 4.79 Å². The van der Waals surface area contributed by atoms with E-state index in [1.165, 1.54) is 12.5 Å². The minimum atomic E-state index is -0.526. The molecule has 1 amide bonds. The molecule has 6 heteroatoms. The Morgan fingerprint density at radius 3 is 2.36 bits per heavy atom. The molecule has 136 valence electrons. The van der Waals surface area contributed by atoms with Crippen LogP contribution in [0.25, 0.3) is 6.08 Å². The molecule has 1 saturated heterocycles. The highest BCUT2D eigenvalue weighted by molar-refractivity contribution is 6.56. The van der Waals surface area contributed by atoms with Gasteiger partial charge in [0.15, 0.2) is 0 Å². The molecule has 0 unspecified atom stereocenters. The third kappa shape index (κ3) is 4.44. The number of hydrogen-bond acceptors (Lipinski definition) is 4. The predicted molar refractivity (Wildman–Crippen MR) is 103 cm³/mol. The van der Waals surface area contributed by atoms with Crippen LogP contribution >= 0.6 is 0 Å². The van der Waals surface area contributed by atoms with E-state index >= 15 is 0 Å². The molecule has 5 nitrogen and oxygen atoms in total. The summed E-state index contributed by atoms with van der Waals surface area (Å²) in [6, 6.07) is 5.99. The van der Waals surface area contributed by atoms with Crippen molar-refractivity contribution in [1.82, 2.24) is 5.32 Å². The number of amides is 1. The summed E-state index contributed by atoms with van der Waals surface area (Å²) in [4.78, 5) is 11.4. The number of nitrogens with one attached hydrogen (secondary N) is 1. The Balaban J connectivity index is 2.38. The first-order chi connectivity index (χ1) is 11.6. The highest BCUT2D eigenvalue weighted by Crippen LogP contribution is 2.39. The number of rotatable bonds is 5. The van der Waals surface area contributed by atoms with Gasteiger partial charge >= 0.3 is 7.12 Å². The standard InChI is InChI=1S/C19H29BN2O3/c1-7-14-8-9-17(21)15(10-14)11-16(12-22-13(2)23)20-24-18(3,4)19(5,6)25-20/h8-11H,7,12,21H2,1-6H3,(H,22,23). The topological polar surface area (TPSA) is 73.6 Å². The minimum absolute atomic E-state index is 0.0994. The van der Waals surface area contributed by atoms with Crippen molar-refractivity contribution in [1.29, 1.82) is 0 Å². The zero-order valence-electron chi connectivity index (χ0n) is 16.1. The molecule has 1 aromatic rings. The van der Waals surface area contributed by atoms with Crippen molar-refractivity contribution in [2.24, 2.45) is 0 Å². The zero-order chi connectivity index (χ0) is 18.8. The molecular formula is C19H29BN2O3. The van der Waals surface area contributed by atoms with Crippen LogP contribution in [0.3, 0.4) is 0 Å². The number of anilines is 1. The summed E-state index contributed by atoms with van der Waals surface area (Å²) < 4.78 is 12.3. The summed E-state index contributed by atoms with van der Waals surface area (Å²) in [6.45, 7) is 12.0. The fourth-order valence-electron chi connectivity index (χ4n) is 2.59. The summed E-state index contributed by atoms with van der Waals surface area (Å²) in [7, 11) is -0.526. The lowest BCUT2D eigenvalue weighted by Gasteiger charge is -2.32. The zero-order valence-corrected chi connectivity index (χ0v) is 16.1. The van der Waals surface area contributed by atoms with E-state index in [1.807, 2.05) is 45.9 Å². The van der Waals surface area contributed by atoms with Gasteiger partial charge in [0.1, 0.15) is 0 Å². The summed E-state index contributed by atoms with van der Waals surface area (Å²) >= 11 is 0. The van der Waals surface area contributed by atoms with E-state index in [2.05, 4.69) is 18.3 Å². The van der Waals surface area contributed by atoms with Gasteiger partial charge in [-0.1, -0.05) is 19.1 Å². The van der Waals surface area contributed by atoms with Crippen molar-refractivity contribution in [3.63, 3.8) is 0 Å². The van der Waals surface area contributed by atoms with Crippen LogP contribution in [0.5, 0.6) is 0 Å². The van der Waals surface area contributed by atoms with Gasteiger partial charge in [0.25, 0.3) is 0 Å². The van der Waals surface area contributed by atoms with Crippen LogP contribution < -0.4 is 11.1 Å². The second kappa shape index (κ2) is 7.22. The first-order valence-electron chi connectivity index (χ1n) is 8.74. The fraction of sp³-hybridized carbons (Fsp3) is 0.526. The van der Waals surface area contributed by atoms with Crippen molar-refractivity contribution < 1.29 is 14.1 Å². The molecule has 0 bridgehead atoms. The Morgan fingerprint density at radius 2 is 1.84 bits per heavy atom. The predicted octanol–water partition coefficient (Wildman–Crippen LogP) is 2.98. The molecule has 0 atom stereocenters. The Hall–Kier alpha value is -1.79. The molecular weight excluding hydrogens is 315 g/mol. The van der Waals surface area contributed by atoms with E-state index in [0.717, 1.165) is 17.5 Å². The molecule has 1 aliphatic rings. The van der Waals surface area contributed by atoms with Crippen LogP contribution in [0.2, 0.25) is 0 Å². The number of carbonyl (C=O) groups is 1. The number of hydrogen-bond donors (Lipinski definition) is 2. The van der Waals surface area contributed by atoms with Gasteiger partial charge < -0.3 is 20.4 Å². The maximum Gasteiger partial charge on any atom is 0.492 e. The van der Waals surface area contributed by atoms with E-state index in [0.29, 0.717) is 12.2 Å². The maximum atomic E-state index is 11.4. The first-order valence-corrected chi connectivity index (χ1v) is 8.74. The second-order valence-corrected chi connectivity index (χ2v) is 7.53. The number of benzene rings is 1. The fourth-order valence-corrected chi connectivity index (χ4v) is 2.59. The number of carbonyl (C=O) groups excluding carboxylic acids is 1. The highest BCUT2D eigenvalue weighted by atomic mass is 16.7. The molecule has 0 aromatic heterocycles. The molecule has 3 N–H and O–H groups in total. The Morgan fingerprint density at radius 1 is 1.24 bits per heavy atom. The van der Waals surface area contributed by atoms with Crippen molar-refractivity contribution >= 4 is 24.8 Å². The smallest absolute Gasteiger partial charge is 0.400 e. The highest BCUT2D eigenvalue weighted by Gasteiger charge is 2.52. The van der Waals surface area contributed by atoms with E-state index in [1.54, 1.807) is 0 Å². The molecule has 1 aromatic carbocycles. The van der Waals surface area contributed by atoms with Crippen LogP contribution in [-0.4, -0.2) is 30.8 Å². The number of nitrogens with two attached hydrogens (primary N) is 1. The van der Waals surface area contributed by atoms with Crippen molar-refractivity contribution in [2.45, 2.75) is 59.2 Å². The molecule has 0 saturated carbocycles. The van der Waals surface area contributed by atoms with Gasteiger partial charge in [-0.15, -0.1) is 0 Å². The van der Waals surface area contributed by atoms with Crippen LogP contribution in [-0.2, 0) is 20.5 Å². The third-order valence-electron chi connectivity index (χ3n) is 5.00. The van der Waals surface area contributed by atoms with Gasteiger partial charge in [-0.25, -0.2) is 0 Å². The van der Waals surface area contributed by atoms with E-state index in [9.17, 15) is 4.79 Å². The third-order valence-corrected chi connectivity index (χ3v) is 5.00. The largest absolute Gasteiger partial charge is 0.492 e. The average molecular weight is 344 g/mol. The molecule has 0 radical (unpaired) electrons. The molecule has 25 heavy (non-hydrogen) atoms. The van der Waals surface area contributed by atoms with Crippen LogP contribution in [0.1, 0.15) is 52.7 Å². The Kier molecular flexibility index (Phi) is 5.64. The van der Waals surface area contributed by atoms with Gasteiger partial charge in [-0.05, 0) is 62.8 Å². The second-order valence-electron chi connectivity index (χ2n) is 7.53. The first kappa shape index (κ1) is 19.5. The molecule has 1 aliphatic heterocycles. The molecule has 1 fully saturated rings. The lowest BCUT2D eigenvalue weighted by atomic mass is 9.76. The molecule has 2 rings (SSSR count). The minimum Gasteiger partial charge on any atom is -0.400 e.